The zero-order chi connectivity index (χ0) is 31.4. The third-order valence-corrected chi connectivity index (χ3v) is 10.1. The number of halogens is 3. The third-order valence-electron chi connectivity index (χ3n) is 8.87. The Balaban J connectivity index is 1.53. The summed E-state index contributed by atoms with van der Waals surface area (Å²) in [6.45, 7) is 9.52. The Morgan fingerprint density at radius 1 is 0.773 bits per heavy atom. The summed E-state index contributed by atoms with van der Waals surface area (Å²) >= 11 is 16.1. The van der Waals surface area contributed by atoms with E-state index in [-0.39, 0.29) is 29.0 Å². The van der Waals surface area contributed by atoms with Crippen LogP contribution in [0, 0.1) is 10.8 Å². The van der Waals surface area contributed by atoms with Crippen LogP contribution in [0.3, 0.4) is 0 Å². The van der Waals surface area contributed by atoms with Crippen LogP contribution in [0.15, 0.2) is 93.7 Å². The van der Waals surface area contributed by atoms with Crippen LogP contribution in [0.5, 0.6) is 5.75 Å². The molecule has 0 spiro atoms. The number of rotatable bonds is 6. The van der Waals surface area contributed by atoms with Crippen LogP contribution in [0.4, 0.5) is 0 Å². The molecule has 0 bridgehead atoms. The largest absolute Gasteiger partial charge is 0.489 e. The Morgan fingerprint density at radius 2 is 1.39 bits per heavy atom. The highest BCUT2D eigenvalue weighted by atomic mass is 79.9. The van der Waals surface area contributed by atoms with E-state index in [0.29, 0.717) is 35.2 Å². The summed E-state index contributed by atoms with van der Waals surface area (Å²) in [6.07, 6.45) is 2.35. The summed E-state index contributed by atoms with van der Waals surface area (Å²) in [7, 11) is 0. The first-order chi connectivity index (χ1) is 20.8. The minimum absolute atomic E-state index is 0.0962. The maximum atomic E-state index is 14.3. The molecule has 228 valence electrons. The predicted molar refractivity (Wildman–Crippen MR) is 180 cm³/mol. The number of hydrogen-bond donors (Lipinski definition) is 0. The number of allylic oxidation sites excluding steroid dienone is 4. The van der Waals surface area contributed by atoms with Crippen molar-refractivity contribution < 1.29 is 14.3 Å². The monoisotopic (exact) mass is 691 g/mol. The van der Waals surface area contributed by atoms with Crippen LogP contribution in [-0.4, -0.2) is 16.5 Å². The highest BCUT2D eigenvalue weighted by Gasteiger charge is 2.49. The van der Waals surface area contributed by atoms with Gasteiger partial charge in [-0.2, -0.15) is 0 Å². The van der Waals surface area contributed by atoms with Crippen molar-refractivity contribution in [2.24, 2.45) is 10.8 Å². The average molecular weight is 694 g/mol. The molecule has 1 aliphatic heterocycles. The van der Waals surface area contributed by atoms with Gasteiger partial charge in [0.05, 0.1) is 10.0 Å². The number of nitrogens with zero attached hydrogens (tertiary/aromatic N) is 1. The van der Waals surface area contributed by atoms with Gasteiger partial charge >= 0.3 is 0 Å². The smallest absolute Gasteiger partial charge is 0.162 e. The molecule has 44 heavy (non-hydrogen) atoms. The van der Waals surface area contributed by atoms with E-state index in [0.717, 1.165) is 56.5 Å². The molecule has 0 atom stereocenters. The highest BCUT2D eigenvalue weighted by Crippen LogP contribution is 2.56. The molecule has 2 aliphatic carbocycles. The first kappa shape index (κ1) is 31.1. The second-order valence-electron chi connectivity index (χ2n) is 13.8. The molecule has 7 heteroatoms. The average Bonchev–Trinajstić information content (AvgIpc) is 2.94. The molecule has 0 unspecified atom stereocenters. The van der Waals surface area contributed by atoms with Gasteiger partial charge in [0, 0.05) is 57.9 Å². The second kappa shape index (κ2) is 11.8. The lowest BCUT2D eigenvalue weighted by Crippen LogP contribution is -2.44. The normalized spacial score (nSPS) is 19.7. The maximum Gasteiger partial charge on any atom is 0.162 e. The number of ether oxygens (including phenoxy) is 1. The van der Waals surface area contributed by atoms with E-state index in [9.17, 15) is 9.59 Å². The number of benzene rings is 3. The zero-order valence-corrected chi connectivity index (χ0v) is 28.6. The molecule has 3 aromatic rings. The van der Waals surface area contributed by atoms with Crippen LogP contribution in [-0.2, 0) is 22.7 Å². The molecule has 1 heterocycles. The molecule has 0 saturated carbocycles. The van der Waals surface area contributed by atoms with Gasteiger partial charge in [-0.1, -0.05) is 103 Å². The molecular formula is C37H36BrCl2NO3. The van der Waals surface area contributed by atoms with Gasteiger partial charge in [0.2, 0.25) is 0 Å². The Morgan fingerprint density at radius 3 is 1.98 bits per heavy atom. The van der Waals surface area contributed by atoms with Gasteiger partial charge in [-0.15, -0.1) is 0 Å². The molecule has 0 saturated heterocycles. The molecule has 6 rings (SSSR count). The van der Waals surface area contributed by atoms with Crippen molar-refractivity contribution in [3.8, 4) is 5.75 Å². The molecule has 3 aromatic carbocycles. The second-order valence-corrected chi connectivity index (χ2v) is 15.6. The fourth-order valence-corrected chi connectivity index (χ4v) is 7.68. The number of hydrogen-bond acceptors (Lipinski definition) is 4. The maximum absolute atomic E-state index is 14.3. The van der Waals surface area contributed by atoms with E-state index >= 15 is 0 Å². The van der Waals surface area contributed by atoms with Crippen molar-refractivity contribution in [3.05, 3.63) is 120 Å². The van der Waals surface area contributed by atoms with Crippen LogP contribution in [0.25, 0.3) is 0 Å². The molecule has 0 N–H and O–H groups in total. The van der Waals surface area contributed by atoms with Crippen LogP contribution >= 0.6 is 39.1 Å². The van der Waals surface area contributed by atoms with Gasteiger partial charge < -0.3 is 9.64 Å². The molecule has 0 amide bonds. The summed E-state index contributed by atoms with van der Waals surface area (Å²) in [5.41, 5.74) is 5.94. The van der Waals surface area contributed by atoms with Crippen LogP contribution in [0.2, 0.25) is 10.0 Å². The zero-order valence-electron chi connectivity index (χ0n) is 25.5. The topological polar surface area (TPSA) is 46.6 Å². The molecule has 0 radical (unpaired) electrons. The first-order valence-electron chi connectivity index (χ1n) is 15.0. The van der Waals surface area contributed by atoms with E-state index in [4.69, 9.17) is 27.9 Å². The number of Topliss-reactive ketones (excluding diaryl/α,β-unsaturated/α-hetero) is 2. The minimum Gasteiger partial charge on any atom is -0.489 e. The fraction of sp³-hybridized carbons (Fsp3) is 0.351. The lowest BCUT2D eigenvalue weighted by molar-refractivity contribution is -0.119. The van der Waals surface area contributed by atoms with E-state index in [2.05, 4.69) is 60.7 Å². The predicted octanol–water partition coefficient (Wildman–Crippen LogP) is 10.2. The van der Waals surface area contributed by atoms with Crippen LogP contribution in [0.1, 0.15) is 76.0 Å². The van der Waals surface area contributed by atoms with Gasteiger partial charge in [-0.05, 0) is 65.1 Å². The highest BCUT2D eigenvalue weighted by molar-refractivity contribution is 9.10. The van der Waals surface area contributed by atoms with Gasteiger partial charge in [0.15, 0.2) is 11.6 Å². The van der Waals surface area contributed by atoms with Gasteiger partial charge in [0.1, 0.15) is 12.4 Å². The van der Waals surface area contributed by atoms with Crippen molar-refractivity contribution in [2.75, 3.05) is 0 Å². The Hall–Kier alpha value is -2.86. The Bertz CT molecular complexity index is 1670. The Kier molecular flexibility index (Phi) is 8.36. The molecule has 3 aliphatic rings. The van der Waals surface area contributed by atoms with E-state index in [1.54, 1.807) is 12.1 Å². The minimum atomic E-state index is -0.513. The van der Waals surface area contributed by atoms with Gasteiger partial charge in [-0.3, -0.25) is 9.59 Å². The fourth-order valence-electron chi connectivity index (χ4n) is 6.98. The number of carbonyl (C=O) groups excluding carboxylic acids is 2. The SMILES string of the molecule is CC1(C)CC(=O)C2=C(C1)N(Cc1ccccc1)C1=C(C(=O)CC(C)(C)C1)C2c1cc(Br)ccc1OCc1ccc(Cl)c(Cl)c1. The summed E-state index contributed by atoms with van der Waals surface area (Å²) in [6, 6.07) is 21.6. The van der Waals surface area contributed by atoms with Gasteiger partial charge in [0.25, 0.3) is 0 Å². The Labute approximate surface area is 278 Å². The van der Waals surface area contributed by atoms with Crippen molar-refractivity contribution in [1.82, 2.24) is 4.90 Å². The van der Waals surface area contributed by atoms with Gasteiger partial charge in [-0.25, -0.2) is 0 Å². The molecular weight excluding hydrogens is 657 g/mol. The first-order valence-corrected chi connectivity index (χ1v) is 16.6. The van der Waals surface area contributed by atoms with Crippen molar-refractivity contribution in [2.45, 2.75) is 72.4 Å². The van der Waals surface area contributed by atoms with Crippen molar-refractivity contribution in [1.29, 1.82) is 0 Å². The number of ketones is 2. The summed E-state index contributed by atoms with van der Waals surface area (Å²) in [5, 5.41) is 0.948. The number of carbonyl (C=O) groups is 2. The van der Waals surface area contributed by atoms with Crippen molar-refractivity contribution in [3.63, 3.8) is 0 Å². The third kappa shape index (κ3) is 6.16. The van der Waals surface area contributed by atoms with E-state index in [1.807, 2.05) is 42.5 Å². The lowest BCUT2D eigenvalue weighted by Gasteiger charge is -2.49. The standard InChI is InChI=1S/C37H36BrCl2NO3/c1-36(2)16-28-34(30(42)18-36)33(25-15-24(38)11-13-32(25)44-21-23-10-12-26(39)27(40)14-23)35-29(17-37(3,4)19-31(35)43)41(28)20-22-8-6-5-7-9-22/h5-15,33H,16-21H2,1-4H3. The van der Waals surface area contributed by atoms with E-state index in [1.165, 1.54) is 0 Å². The summed E-state index contributed by atoms with van der Waals surface area (Å²) < 4.78 is 7.32. The molecule has 0 aromatic heterocycles. The molecule has 0 fully saturated rings. The van der Waals surface area contributed by atoms with Crippen molar-refractivity contribution >= 4 is 50.7 Å². The lowest BCUT2D eigenvalue weighted by atomic mass is 9.63. The van der Waals surface area contributed by atoms with Crippen LogP contribution < -0.4 is 4.74 Å². The summed E-state index contributed by atoms with van der Waals surface area (Å²) in [5.74, 6) is 0.313. The van der Waals surface area contributed by atoms with E-state index < -0.39 is 5.92 Å². The quantitative estimate of drug-likeness (QED) is 0.258. The molecule has 4 nitrogen and oxygen atoms in total. The summed E-state index contributed by atoms with van der Waals surface area (Å²) in [4.78, 5) is 30.9.